The molecule has 0 fully saturated rings. The molecule has 0 amide bonds. The average Bonchev–Trinajstić information content (AvgIpc) is 3.07. The van der Waals surface area contributed by atoms with Crippen molar-refractivity contribution in [3.05, 3.63) is 47.0 Å². The van der Waals surface area contributed by atoms with Crippen LogP contribution in [0.25, 0.3) is 0 Å². The van der Waals surface area contributed by atoms with Gasteiger partial charge in [-0.1, -0.05) is 25.1 Å². The van der Waals surface area contributed by atoms with Crippen LogP contribution in [0.15, 0.2) is 24.3 Å². The summed E-state index contributed by atoms with van der Waals surface area (Å²) in [5.41, 5.74) is 3.91. The molecule has 4 rings (SSSR count). The first-order valence-electron chi connectivity index (χ1n) is 7.39. The molecule has 1 aromatic carbocycles. The summed E-state index contributed by atoms with van der Waals surface area (Å²) in [6, 6.07) is 8.66. The lowest BCUT2D eigenvalue weighted by Gasteiger charge is -2.20. The maximum Gasteiger partial charge on any atom is 0.124 e. The Hall–Kier alpha value is -1.81. The molecular formula is C16H19N3O. The van der Waals surface area contributed by atoms with E-state index in [2.05, 4.69) is 35.0 Å². The smallest absolute Gasteiger partial charge is 0.124 e. The number of nitrogens with one attached hydrogen (secondary N) is 1. The zero-order valence-electron chi connectivity index (χ0n) is 11.7. The fourth-order valence-corrected chi connectivity index (χ4v) is 3.37. The van der Waals surface area contributed by atoms with Gasteiger partial charge in [-0.3, -0.25) is 0 Å². The van der Waals surface area contributed by atoms with Crippen molar-refractivity contribution in [3.8, 4) is 5.75 Å². The Bertz CT molecular complexity index is 647. The molecule has 1 aromatic heterocycles. The maximum absolute atomic E-state index is 5.86. The highest BCUT2D eigenvalue weighted by Gasteiger charge is 2.30. The van der Waals surface area contributed by atoms with E-state index in [1.165, 1.54) is 22.8 Å². The van der Waals surface area contributed by atoms with E-state index in [1.54, 1.807) is 0 Å². The van der Waals surface area contributed by atoms with E-state index in [0.717, 1.165) is 38.3 Å². The van der Waals surface area contributed by atoms with Gasteiger partial charge in [0.05, 0.1) is 11.7 Å². The van der Waals surface area contributed by atoms with Crippen molar-refractivity contribution in [2.75, 3.05) is 13.2 Å². The summed E-state index contributed by atoms with van der Waals surface area (Å²) in [7, 11) is 0. The monoisotopic (exact) mass is 269 g/mol. The SMILES string of the molecule is CCc1nc2c(n1C1COc3ccccc31)CCNC2. The summed E-state index contributed by atoms with van der Waals surface area (Å²) in [4.78, 5) is 4.83. The summed E-state index contributed by atoms with van der Waals surface area (Å²) in [6.45, 7) is 4.84. The number of hydrogen-bond donors (Lipinski definition) is 1. The third-order valence-corrected chi connectivity index (χ3v) is 4.30. The first-order chi connectivity index (χ1) is 9.88. The number of nitrogens with zero attached hydrogens (tertiary/aromatic N) is 2. The highest BCUT2D eigenvalue weighted by Crippen LogP contribution is 2.37. The number of aromatic nitrogens is 2. The van der Waals surface area contributed by atoms with Gasteiger partial charge in [0.15, 0.2) is 0 Å². The molecule has 2 aromatic rings. The van der Waals surface area contributed by atoms with Crippen molar-refractivity contribution >= 4 is 0 Å². The van der Waals surface area contributed by atoms with Crippen LogP contribution >= 0.6 is 0 Å². The molecule has 0 aliphatic carbocycles. The van der Waals surface area contributed by atoms with E-state index in [1.807, 2.05) is 6.07 Å². The third kappa shape index (κ3) is 1.68. The summed E-state index contributed by atoms with van der Waals surface area (Å²) < 4.78 is 8.29. The summed E-state index contributed by atoms with van der Waals surface area (Å²) in [6.07, 6.45) is 2.02. The lowest BCUT2D eigenvalue weighted by molar-refractivity contribution is 0.311. The first-order valence-corrected chi connectivity index (χ1v) is 7.39. The van der Waals surface area contributed by atoms with Gasteiger partial charge in [-0.05, 0) is 6.07 Å². The predicted molar refractivity (Wildman–Crippen MR) is 77.1 cm³/mol. The van der Waals surface area contributed by atoms with Gasteiger partial charge in [0.1, 0.15) is 18.2 Å². The highest BCUT2D eigenvalue weighted by molar-refractivity contribution is 5.41. The van der Waals surface area contributed by atoms with Gasteiger partial charge in [0.25, 0.3) is 0 Å². The Morgan fingerprint density at radius 2 is 2.30 bits per heavy atom. The van der Waals surface area contributed by atoms with Crippen LogP contribution in [0.5, 0.6) is 5.75 Å². The molecule has 3 heterocycles. The van der Waals surface area contributed by atoms with Crippen molar-refractivity contribution in [1.82, 2.24) is 14.9 Å². The minimum atomic E-state index is 0.287. The molecular weight excluding hydrogens is 250 g/mol. The number of rotatable bonds is 2. The van der Waals surface area contributed by atoms with Crippen LogP contribution in [0.3, 0.4) is 0 Å². The van der Waals surface area contributed by atoms with E-state index in [9.17, 15) is 0 Å². The lowest BCUT2D eigenvalue weighted by atomic mass is 10.1. The van der Waals surface area contributed by atoms with E-state index >= 15 is 0 Å². The number of hydrogen-bond acceptors (Lipinski definition) is 3. The van der Waals surface area contributed by atoms with E-state index in [4.69, 9.17) is 9.72 Å². The molecule has 104 valence electrons. The van der Waals surface area contributed by atoms with Crippen LogP contribution in [0, 0.1) is 0 Å². The van der Waals surface area contributed by atoms with Gasteiger partial charge in [-0.2, -0.15) is 0 Å². The molecule has 20 heavy (non-hydrogen) atoms. The summed E-state index contributed by atoms with van der Waals surface area (Å²) in [5, 5.41) is 3.41. The number of imidazole rings is 1. The van der Waals surface area contributed by atoms with Crippen LogP contribution in [0.4, 0.5) is 0 Å². The molecule has 0 radical (unpaired) electrons. The van der Waals surface area contributed by atoms with Gasteiger partial charge in [0.2, 0.25) is 0 Å². The zero-order chi connectivity index (χ0) is 13.5. The minimum Gasteiger partial charge on any atom is -0.491 e. The second kappa shape index (κ2) is 4.63. The molecule has 0 saturated carbocycles. The zero-order valence-corrected chi connectivity index (χ0v) is 11.7. The second-order valence-electron chi connectivity index (χ2n) is 5.44. The van der Waals surface area contributed by atoms with Crippen molar-refractivity contribution < 1.29 is 4.74 Å². The molecule has 1 atom stereocenters. The van der Waals surface area contributed by atoms with Crippen LogP contribution in [0.1, 0.15) is 35.7 Å². The summed E-state index contributed by atoms with van der Waals surface area (Å²) in [5.74, 6) is 2.21. The molecule has 0 saturated heterocycles. The Kier molecular flexibility index (Phi) is 2.77. The van der Waals surface area contributed by atoms with Crippen molar-refractivity contribution in [2.45, 2.75) is 32.4 Å². The summed E-state index contributed by atoms with van der Waals surface area (Å²) >= 11 is 0. The molecule has 2 aliphatic heterocycles. The number of fused-ring (bicyclic) bond motifs is 2. The van der Waals surface area contributed by atoms with Gasteiger partial charge in [-0.15, -0.1) is 0 Å². The van der Waals surface area contributed by atoms with Crippen molar-refractivity contribution in [1.29, 1.82) is 0 Å². The standard InChI is InChI=1S/C16H19N3O/c1-2-16-18-12-9-17-8-7-13(12)19(16)14-10-20-15-6-4-3-5-11(14)15/h3-6,14,17H,2,7-10H2,1H3. The van der Waals surface area contributed by atoms with Crippen molar-refractivity contribution in [3.63, 3.8) is 0 Å². The molecule has 1 unspecified atom stereocenters. The van der Waals surface area contributed by atoms with Crippen LogP contribution in [-0.4, -0.2) is 22.7 Å². The normalized spacial score (nSPS) is 20.4. The molecule has 4 heteroatoms. The Morgan fingerprint density at radius 3 is 3.20 bits per heavy atom. The second-order valence-corrected chi connectivity index (χ2v) is 5.44. The fourth-order valence-electron chi connectivity index (χ4n) is 3.37. The van der Waals surface area contributed by atoms with Gasteiger partial charge in [0, 0.05) is 37.2 Å². The number of ether oxygens (including phenoxy) is 1. The highest BCUT2D eigenvalue weighted by atomic mass is 16.5. The van der Waals surface area contributed by atoms with E-state index < -0.39 is 0 Å². The molecule has 2 aliphatic rings. The minimum absolute atomic E-state index is 0.287. The van der Waals surface area contributed by atoms with Crippen LogP contribution < -0.4 is 10.1 Å². The maximum atomic E-state index is 5.86. The topological polar surface area (TPSA) is 39.1 Å². The largest absolute Gasteiger partial charge is 0.491 e. The number of para-hydroxylation sites is 1. The Morgan fingerprint density at radius 1 is 1.40 bits per heavy atom. The number of benzene rings is 1. The first kappa shape index (κ1) is 12.0. The van der Waals surface area contributed by atoms with Gasteiger partial charge >= 0.3 is 0 Å². The van der Waals surface area contributed by atoms with E-state index in [-0.39, 0.29) is 6.04 Å². The molecule has 0 bridgehead atoms. The average molecular weight is 269 g/mol. The predicted octanol–water partition coefficient (Wildman–Crippen LogP) is 2.07. The van der Waals surface area contributed by atoms with Gasteiger partial charge < -0.3 is 14.6 Å². The van der Waals surface area contributed by atoms with Crippen LogP contribution in [0.2, 0.25) is 0 Å². The molecule has 0 spiro atoms. The van der Waals surface area contributed by atoms with Crippen LogP contribution in [-0.2, 0) is 19.4 Å². The Balaban J connectivity index is 1.85. The number of aryl methyl sites for hydroxylation is 1. The van der Waals surface area contributed by atoms with E-state index in [0.29, 0.717) is 0 Å². The molecule has 4 nitrogen and oxygen atoms in total. The lowest BCUT2D eigenvalue weighted by Crippen LogP contribution is -2.26. The fraction of sp³-hybridized carbons (Fsp3) is 0.438. The van der Waals surface area contributed by atoms with Gasteiger partial charge in [-0.25, -0.2) is 4.98 Å². The van der Waals surface area contributed by atoms with Crippen molar-refractivity contribution in [2.24, 2.45) is 0 Å². The third-order valence-electron chi connectivity index (χ3n) is 4.30. The quantitative estimate of drug-likeness (QED) is 0.907. The Labute approximate surface area is 118 Å². The molecule has 1 N–H and O–H groups in total.